The monoisotopic (exact) mass is 253 g/mol. The van der Waals surface area contributed by atoms with Crippen molar-refractivity contribution in [1.29, 1.82) is 0 Å². The highest BCUT2D eigenvalue weighted by molar-refractivity contribution is 5.51. The quantitative estimate of drug-likeness (QED) is 0.800. The number of hydrogen-bond acceptors (Lipinski definition) is 5. The zero-order chi connectivity index (χ0) is 13.0. The Morgan fingerprint density at radius 3 is 2.72 bits per heavy atom. The Morgan fingerprint density at radius 1 is 1.33 bits per heavy atom. The number of ether oxygens (including phenoxy) is 3. The van der Waals surface area contributed by atoms with E-state index in [2.05, 4.69) is 19.2 Å². The lowest BCUT2D eigenvalue weighted by atomic mass is 10.1. The summed E-state index contributed by atoms with van der Waals surface area (Å²) >= 11 is 0. The molecule has 1 heterocycles. The second kappa shape index (κ2) is 5.93. The van der Waals surface area contributed by atoms with Crippen molar-refractivity contribution in [3.05, 3.63) is 17.7 Å². The zero-order valence-electron chi connectivity index (χ0n) is 10.7. The first kappa shape index (κ1) is 13.0. The van der Waals surface area contributed by atoms with E-state index in [-0.39, 0.29) is 20.0 Å². The van der Waals surface area contributed by atoms with E-state index in [1.807, 2.05) is 12.1 Å². The maximum Gasteiger partial charge on any atom is 0.231 e. The molecule has 0 aromatic heterocycles. The summed E-state index contributed by atoms with van der Waals surface area (Å²) in [6.45, 7) is 5.37. The number of aliphatic hydroxyl groups is 1. The van der Waals surface area contributed by atoms with Gasteiger partial charge in [0.2, 0.25) is 6.79 Å². The third-order valence-corrected chi connectivity index (χ3v) is 2.61. The second-order valence-corrected chi connectivity index (χ2v) is 4.42. The van der Waals surface area contributed by atoms with Crippen molar-refractivity contribution < 1.29 is 19.3 Å². The highest BCUT2D eigenvalue weighted by Gasteiger charge is 2.18. The summed E-state index contributed by atoms with van der Waals surface area (Å²) in [5, 5.41) is 12.2. The predicted molar refractivity (Wildman–Crippen MR) is 67.1 cm³/mol. The molecule has 0 spiro atoms. The standard InChI is InChI=1S/C13H19NO4/c1-9(2)14-7-10-5-12-13(18-8-17-12)6-11(10)16-4-3-15/h5-6,9,14-15H,3-4,7-8H2,1-2H3. The molecule has 2 N–H and O–H groups in total. The number of hydrogen-bond donors (Lipinski definition) is 2. The third kappa shape index (κ3) is 3.05. The molecular weight excluding hydrogens is 234 g/mol. The molecule has 5 heteroatoms. The topological polar surface area (TPSA) is 60.0 Å². The van der Waals surface area contributed by atoms with Gasteiger partial charge in [0, 0.05) is 24.2 Å². The number of rotatable bonds is 6. The molecule has 1 aromatic carbocycles. The van der Waals surface area contributed by atoms with Gasteiger partial charge in [-0.2, -0.15) is 0 Å². The highest BCUT2D eigenvalue weighted by Crippen LogP contribution is 2.38. The van der Waals surface area contributed by atoms with Gasteiger partial charge in [-0.25, -0.2) is 0 Å². The minimum atomic E-state index is -0.00844. The fourth-order valence-electron chi connectivity index (χ4n) is 1.71. The van der Waals surface area contributed by atoms with Crippen LogP contribution in [0.2, 0.25) is 0 Å². The maximum absolute atomic E-state index is 8.83. The van der Waals surface area contributed by atoms with Gasteiger partial charge in [-0.1, -0.05) is 13.8 Å². The van der Waals surface area contributed by atoms with Gasteiger partial charge in [0.05, 0.1) is 6.61 Å². The molecule has 5 nitrogen and oxygen atoms in total. The molecule has 1 aliphatic heterocycles. The van der Waals surface area contributed by atoms with Crippen molar-refractivity contribution in [1.82, 2.24) is 5.32 Å². The van der Waals surface area contributed by atoms with Gasteiger partial charge in [0.1, 0.15) is 12.4 Å². The molecule has 1 aromatic rings. The van der Waals surface area contributed by atoms with Crippen LogP contribution in [0.5, 0.6) is 17.2 Å². The third-order valence-electron chi connectivity index (χ3n) is 2.61. The van der Waals surface area contributed by atoms with E-state index in [4.69, 9.17) is 19.3 Å². The average Bonchev–Trinajstić information content (AvgIpc) is 2.79. The van der Waals surface area contributed by atoms with Crippen molar-refractivity contribution in [3.63, 3.8) is 0 Å². The molecule has 0 aliphatic carbocycles. The molecule has 0 atom stereocenters. The normalized spacial score (nSPS) is 13.1. The average molecular weight is 253 g/mol. The minimum Gasteiger partial charge on any atom is -0.491 e. The SMILES string of the molecule is CC(C)NCc1cc2c(cc1OCCO)OCO2. The fraction of sp³-hybridized carbons (Fsp3) is 0.538. The first-order valence-corrected chi connectivity index (χ1v) is 6.10. The van der Waals surface area contributed by atoms with Crippen molar-refractivity contribution in [2.75, 3.05) is 20.0 Å². The summed E-state index contributed by atoms with van der Waals surface area (Å²) in [5.41, 5.74) is 1.00. The summed E-state index contributed by atoms with van der Waals surface area (Å²) in [7, 11) is 0. The van der Waals surface area contributed by atoms with Gasteiger partial charge >= 0.3 is 0 Å². The lowest BCUT2D eigenvalue weighted by Gasteiger charge is -2.14. The Kier molecular flexibility index (Phi) is 4.28. The number of aliphatic hydroxyl groups excluding tert-OH is 1. The van der Waals surface area contributed by atoms with Crippen molar-refractivity contribution in [2.45, 2.75) is 26.4 Å². The van der Waals surface area contributed by atoms with Crippen molar-refractivity contribution in [2.24, 2.45) is 0 Å². The molecule has 0 amide bonds. The highest BCUT2D eigenvalue weighted by atomic mass is 16.7. The van der Waals surface area contributed by atoms with Gasteiger partial charge < -0.3 is 24.6 Å². The van der Waals surface area contributed by atoms with Crippen LogP contribution in [-0.4, -0.2) is 31.2 Å². The number of nitrogens with one attached hydrogen (secondary N) is 1. The van der Waals surface area contributed by atoms with Gasteiger partial charge in [-0.05, 0) is 6.07 Å². The molecule has 0 bridgehead atoms. The smallest absolute Gasteiger partial charge is 0.231 e. The van der Waals surface area contributed by atoms with Crippen LogP contribution >= 0.6 is 0 Å². The van der Waals surface area contributed by atoms with Crippen LogP contribution in [0.3, 0.4) is 0 Å². The van der Waals surface area contributed by atoms with E-state index in [1.165, 1.54) is 0 Å². The lowest BCUT2D eigenvalue weighted by molar-refractivity contribution is 0.173. The van der Waals surface area contributed by atoms with Crippen LogP contribution < -0.4 is 19.5 Å². The second-order valence-electron chi connectivity index (χ2n) is 4.42. The summed E-state index contributed by atoms with van der Waals surface area (Å²) in [5.74, 6) is 2.16. The molecule has 0 radical (unpaired) electrons. The molecule has 0 saturated heterocycles. The van der Waals surface area contributed by atoms with Crippen LogP contribution in [0.15, 0.2) is 12.1 Å². The largest absolute Gasteiger partial charge is 0.491 e. The van der Waals surface area contributed by atoms with Crippen LogP contribution in [-0.2, 0) is 6.54 Å². The van der Waals surface area contributed by atoms with Crippen molar-refractivity contribution in [3.8, 4) is 17.2 Å². The summed E-state index contributed by atoms with van der Waals surface area (Å²) < 4.78 is 16.2. The van der Waals surface area contributed by atoms with Crippen LogP contribution in [0, 0.1) is 0 Å². The van der Waals surface area contributed by atoms with Gasteiger partial charge in [-0.3, -0.25) is 0 Å². The van der Waals surface area contributed by atoms with E-state index in [0.717, 1.165) is 17.1 Å². The summed E-state index contributed by atoms with van der Waals surface area (Å²) in [6.07, 6.45) is 0. The molecular formula is C13H19NO4. The predicted octanol–water partition coefficient (Wildman–Crippen LogP) is 1.28. The van der Waals surface area contributed by atoms with E-state index in [0.29, 0.717) is 18.3 Å². The maximum atomic E-state index is 8.83. The van der Waals surface area contributed by atoms with Crippen molar-refractivity contribution >= 4 is 0 Å². The van der Waals surface area contributed by atoms with E-state index < -0.39 is 0 Å². The Hall–Kier alpha value is -1.46. The summed E-state index contributed by atoms with van der Waals surface area (Å²) in [4.78, 5) is 0. The van der Waals surface area contributed by atoms with E-state index in [1.54, 1.807) is 0 Å². The summed E-state index contributed by atoms with van der Waals surface area (Å²) in [6, 6.07) is 4.13. The molecule has 18 heavy (non-hydrogen) atoms. The molecule has 2 rings (SSSR count). The number of fused-ring (bicyclic) bond motifs is 1. The molecule has 100 valence electrons. The Labute approximate surface area is 107 Å². The van der Waals surface area contributed by atoms with E-state index >= 15 is 0 Å². The Bertz CT molecular complexity index is 406. The Balaban J connectivity index is 2.17. The molecule has 1 aliphatic rings. The molecule has 0 unspecified atom stereocenters. The number of benzene rings is 1. The fourth-order valence-corrected chi connectivity index (χ4v) is 1.71. The first-order valence-electron chi connectivity index (χ1n) is 6.10. The molecule has 0 saturated carbocycles. The zero-order valence-corrected chi connectivity index (χ0v) is 10.7. The van der Waals surface area contributed by atoms with Crippen LogP contribution in [0.4, 0.5) is 0 Å². The Morgan fingerprint density at radius 2 is 2.06 bits per heavy atom. The molecule has 0 fully saturated rings. The lowest BCUT2D eigenvalue weighted by Crippen LogP contribution is -2.22. The minimum absolute atomic E-state index is 0.00844. The van der Waals surface area contributed by atoms with E-state index in [9.17, 15) is 0 Å². The van der Waals surface area contributed by atoms with Crippen LogP contribution in [0.25, 0.3) is 0 Å². The van der Waals surface area contributed by atoms with Crippen LogP contribution in [0.1, 0.15) is 19.4 Å². The van der Waals surface area contributed by atoms with Gasteiger partial charge in [0.15, 0.2) is 11.5 Å². The van der Waals surface area contributed by atoms with Gasteiger partial charge in [0.25, 0.3) is 0 Å². The first-order chi connectivity index (χ1) is 8.70. The van der Waals surface area contributed by atoms with Gasteiger partial charge in [-0.15, -0.1) is 0 Å².